The van der Waals surface area contributed by atoms with E-state index in [9.17, 15) is 4.79 Å². The van der Waals surface area contributed by atoms with Crippen molar-refractivity contribution < 1.29 is 9.53 Å². The maximum Gasteiger partial charge on any atom is 0.271 e. The van der Waals surface area contributed by atoms with Crippen LogP contribution in [0.25, 0.3) is 10.9 Å². The van der Waals surface area contributed by atoms with Crippen molar-refractivity contribution in [1.29, 1.82) is 0 Å². The molecule has 0 aliphatic rings. The molecule has 0 saturated carbocycles. The lowest BCUT2D eigenvalue weighted by molar-refractivity contribution is 0.0932. The first-order valence-corrected chi connectivity index (χ1v) is 8.16. The van der Waals surface area contributed by atoms with E-state index in [-0.39, 0.29) is 5.91 Å². The number of ether oxygens (including phenoxy) is 1. The molecule has 7 heteroatoms. The molecule has 0 aliphatic heterocycles. The number of methoxy groups -OCH3 is 1. The summed E-state index contributed by atoms with van der Waals surface area (Å²) in [5.74, 6) is 0.392. The van der Waals surface area contributed by atoms with E-state index in [1.807, 2.05) is 18.3 Å². The van der Waals surface area contributed by atoms with E-state index in [1.165, 1.54) is 17.1 Å². The Bertz CT molecular complexity index is 829. The minimum Gasteiger partial charge on any atom is -0.383 e. The van der Waals surface area contributed by atoms with Crippen LogP contribution in [0.3, 0.4) is 0 Å². The number of nitrogens with one attached hydrogen (secondary N) is 3. The van der Waals surface area contributed by atoms with Gasteiger partial charge in [-0.1, -0.05) is 18.2 Å². The van der Waals surface area contributed by atoms with Gasteiger partial charge in [0.1, 0.15) is 11.5 Å². The summed E-state index contributed by atoms with van der Waals surface area (Å²) >= 11 is 0. The average molecular weight is 339 g/mol. The Balaban J connectivity index is 1.51. The smallest absolute Gasteiger partial charge is 0.271 e. The van der Waals surface area contributed by atoms with Gasteiger partial charge in [0.15, 0.2) is 0 Å². The zero-order valence-electron chi connectivity index (χ0n) is 14.1. The molecule has 3 rings (SSSR count). The van der Waals surface area contributed by atoms with Crippen LogP contribution in [0.5, 0.6) is 0 Å². The molecule has 25 heavy (non-hydrogen) atoms. The quantitative estimate of drug-likeness (QED) is 0.546. The largest absolute Gasteiger partial charge is 0.383 e. The molecular formula is C18H21N5O2. The Morgan fingerprint density at radius 1 is 1.20 bits per heavy atom. The van der Waals surface area contributed by atoms with E-state index < -0.39 is 0 Å². The number of carbonyl (C=O) groups is 1. The molecule has 3 N–H and O–H groups in total. The summed E-state index contributed by atoms with van der Waals surface area (Å²) < 4.78 is 4.89. The highest BCUT2D eigenvalue weighted by Gasteiger charge is 2.07. The predicted molar refractivity (Wildman–Crippen MR) is 96.7 cm³/mol. The number of amides is 1. The monoisotopic (exact) mass is 339 g/mol. The molecule has 0 atom stereocenters. The van der Waals surface area contributed by atoms with Gasteiger partial charge >= 0.3 is 0 Å². The molecule has 0 radical (unpaired) electrons. The standard InChI is InChI=1S/C18H21N5O2/c1-25-9-8-20-18(24)16-11-23-17(12-22-16)19-7-6-13-10-21-15-5-3-2-4-14(13)15/h2-5,10-12,21H,6-9H2,1H3,(H,19,23)(H,20,24). The van der Waals surface area contributed by atoms with Gasteiger partial charge in [0.05, 0.1) is 19.0 Å². The number of fused-ring (bicyclic) bond motifs is 1. The number of nitrogens with zero attached hydrogens (tertiary/aromatic N) is 2. The minimum absolute atomic E-state index is 0.255. The number of rotatable bonds is 8. The number of para-hydroxylation sites is 1. The summed E-state index contributed by atoms with van der Waals surface area (Å²) in [6, 6.07) is 8.23. The van der Waals surface area contributed by atoms with Gasteiger partial charge < -0.3 is 20.4 Å². The molecule has 7 nitrogen and oxygen atoms in total. The highest BCUT2D eigenvalue weighted by Crippen LogP contribution is 2.18. The molecule has 0 fully saturated rings. The number of carbonyl (C=O) groups excluding carboxylic acids is 1. The van der Waals surface area contributed by atoms with Crippen molar-refractivity contribution in [1.82, 2.24) is 20.3 Å². The van der Waals surface area contributed by atoms with Crippen molar-refractivity contribution in [2.24, 2.45) is 0 Å². The third-order valence-electron chi connectivity index (χ3n) is 3.85. The molecule has 2 heterocycles. The van der Waals surface area contributed by atoms with Gasteiger partial charge in [0.25, 0.3) is 5.91 Å². The van der Waals surface area contributed by atoms with Crippen LogP contribution in [0.2, 0.25) is 0 Å². The fourth-order valence-corrected chi connectivity index (χ4v) is 2.56. The molecule has 130 valence electrons. The lowest BCUT2D eigenvalue weighted by Gasteiger charge is -2.06. The van der Waals surface area contributed by atoms with Crippen molar-refractivity contribution in [3.05, 3.63) is 54.1 Å². The van der Waals surface area contributed by atoms with Gasteiger partial charge in [-0.15, -0.1) is 0 Å². The first-order chi connectivity index (χ1) is 12.3. The summed E-state index contributed by atoms with van der Waals surface area (Å²) in [5, 5.41) is 7.17. The van der Waals surface area contributed by atoms with Crippen LogP contribution in [0, 0.1) is 0 Å². The van der Waals surface area contributed by atoms with Gasteiger partial charge in [-0.3, -0.25) is 4.79 Å². The second kappa shape index (κ2) is 8.25. The molecule has 0 aliphatic carbocycles. The SMILES string of the molecule is COCCNC(=O)c1cnc(NCCc2c[nH]c3ccccc23)cn1. The fourth-order valence-electron chi connectivity index (χ4n) is 2.56. The van der Waals surface area contributed by atoms with E-state index in [4.69, 9.17) is 4.74 Å². The van der Waals surface area contributed by atoms with Crippen LogP contribution >= 0.6 is 0 Å². The van der Waals surface area contributed by atoms with Crippen LogP contribution < -0.4 is 10.6 Å². The van der Waals surface area contributed by atoms with Crippen LogP contribution in [-0.2, 0) is 11.2 Å². The third kappa shape index (κ3) is 4.33. The molecule has 0 bridgehead atoms. The Morgan fingerprint density at radius 2 is 2.08 bits per heavy atom. The Kier molecular flexibility index (Phi) is 5.58. The van der Waals surface area contributed by atoms with E-state index in [0.717, 1.165) is 18.5 Å². The summed E-state index contributed by atoms with van der Waals surface area (Å²) in [6.07, 6.45) is 5.94. The summed E-state index contributed by atoms with van der Waals surface area (Å²) in [7, 11) is 1.59. The molecule has 0 saturated heterocycles. The molecule has 2 aromatic heterocycles. The van der Waals surface area contributed by atoms with Gasteiger partial charge in [0.2, 0.25) is 0 Å². The Labute approximate surface area is 145 Å². The zero-order chi connectivity index (χ0) is 17.5. The van der Waals surface area contributed by atoms with Gasteiger partial charge in [-0.2, -0.15) is 0 Å². The minimum atomic E-state index is -0.255. The first kappa shape index (κ1) is 16.9. The molecule has 0 unspecified atom stereocenters. The highest BCUT2D eigenvalue weighted by atomic mass is 16.5. The van der Waals surface area contributed by atoms with Crippen LogP contribution in [0.4, 0.5) is 5.82 Å². The van der Waals surface area contributed by atoms with Gasteiger partial charge in [-0.25, -0.2) is 9.97 Å². The first-order valence-electron chi connectivity index (χ1n) is 8.16. The second-order valence-corrected chi connectivity index (χ2v) is 5.57. The van der Waals surface area contributed by atoms with Crippen LogP contribution in [0.15, 0.2) is 42.9 Å². The van der Waals surface area contributed by atoms with Crippen molar-refractivity contribution in [2.45, 2.75) is 6.42 Å². The number of anilines is 1. The zero-order valence-corrected chi connectivity index (χ0v) is 14.1. The summed E-state index contributed by atoms with van der Waals surface area (Å²) in [6.45, 7) is 1.64. The lowest BCUT2D eigenvalue weighted by Crippen LogP contribution is -2.27. The Morgan fingerprint density at radius 3 is 2.88 bits per heavy atom. The Hall–Kier alpha value is -2.93. The summed E-state index contributed by atoms with van der Waals surface area (Å²) in [4.78, 5) is 23.5. The fraction of sp³-hybridized carbons (Fsp3) is 0.278. The molecular weight excluding hydrogens is 318 g/mol. The molecule has 1 amide bonds. The highest BCUT2D eigenvalue weighted by molar-refractivity contribution is 5.92. The second-order valence-electron chi connectivity index (χ2n) is 5.57. The number of aromatic nitrogens is 3. The lowest BCUT2D eigenvalue weighted by atomic mass is 10.1. The topological polar surface area (TPSA) is 91.9 Å². The number of hydrogen-bond donors (Lipinski definition) is 3. The van der Waals surface area contributed by atoms with E-state index in [1.54, 1.807) is 13.3 Å². The third-order valence-corrected chi connectivity index (χ3v) is 3.85. The van der Waals surface area contributed by atoms with Crippen LogP contribution in [0.1, 0.15) is 16.1 Å². The van der Waals surface area contributed by atoms with E-state index in [0.29, 0.717) is 24.7 Å². The van der Waals surface area contributed by atoms with Crippen molar-refractivity contribution in [2.75, 3.05) is 32.1 Å². The maximum absolute atomic E-state index is 11.8. The number of H-pyrrole nitrogens is 1. The number of hydrogen-bond acceptors (Lipinski definition) is 5. The number of benzene rings is 1. The van der Waals surface area contributed by atoms with Crippen molar-refractivity contribution >= 4 is 22.6 Å². The maximum atomic E-state index is 11.8. The van der Waals surface area contributed by atoms with E-state index in [2.05, 4.69) is 37.7 Å². The van der Waals surface area contributed by atoms with Gasteiger partial charge in [0, 0.05) is 37.3 Å². The summed E-state index contributed by atoms with van der Waals surface area (Å²) in [5.41, 5.74) is 2.68. The number of aromatic amines is 1. The molecule has 3 aromatic rings. The average Bonchev–Trinajstić information content (AvgIpc) is 3.06. The normalized spacial score (nSPS) is 10.8. The van der Waals surface area contributed by atoms with E-state index >= 15 is 0 Å². The van der Waals surface area contributed by atoms with Gasteiger partial charge in [-0.05, 0) is 18.1 Å². The molecule has 0 spiro atoms. The molecule has 1 aromatic carbocycles. The van der Waals surface area contributed by atoms with Crippen LogP contribution in [-0.4, -0.2) is 47.7 Å². The van der Waals surface area contributed by atoms with Crippen molar-refractivity contribution in [3.8, 4) is 0 Å². The predicted octanol–water partition coefficient (Wildman–Crippen LogP) is 1.99. The van der Waals surface area contributed by atoms with Crippen molar-refractivity contribution in [3.63, 3.8) is 0 Å².